The van der Waals surface area contributed by atoms with Gasteiger partial charge in [-0.2, -0.15) is 0 Å². The van der Waals surface area contributed by atoms with E-state index in [4.69, 9.17) is 10.5 Å². The number of carbonyl (C=O) groups is 1. The molecule has 4 nitrogen and oxygen atoms in total. The Balaban J connectivity index is 2.73. The molecule has 0 radical (unpaired) electrons. The number of nitrogens with one attached hydrogen (secondary N) is 1. The highest BCUT2D eigenvalue weighted by molar-refractivity contribution is 5.75. The second-order valence-electron chi connectivity index (χ2n) is 6.34. The molecular weight excluding hydrogens is 216 g/mol. The van der Waals surface area contributed by atoms with Gasteiger partial charge in [0.05, 0.1) is 6.61 Å². The lowest BCUT2D eigenvalue weighted by atomic mass is 9.73. The van der Waals surface area contributed by atoms with Gasteiger partial charge in [-0.3, -0.25) is 4.79 Å². The fourth-order valence-corrected chi connectivity index (χ4v) is 3.09. The number of piperidine rings is 1. The number of nitrogens with two attached hydrogens (primary N) is 1. The summed E-state index contributed by atoms with van der Waals surface area (Å²) >= 11 is 0. The molecule has 0 bridgehead atoms. The number of ether oxygens (including phenoxy) is 1. The van der Waals surface area contributed by atoms with Crippen molar-refractivity contribution in [1.82, 2.24) is 5.32 Å². The third-order valence-corrected chi connectivity index (χ3v) is 3.29. The first kappa shape index (κ1) is 14.5. The van der Waals surface area contributed by atoms with Crippen LogP contribution in [0.15, 0.2) is 0 Å². The maximum Gasteiger partial charge on any atom is 0.323 e. The summed E-state index contributed by atoms with van der Waals surface area (Å²) in [7, 11) is 0. The van der Waals surface area contributed by atoms with Crippen molar-refractivity contribution in [3.05, 3.63) is 0 Å². The van der Waals surface area contributed by atoms with Gasteiger partial charge in [-0.05, 0) is 53.4 Å². The van der Waals surface area contributed by atoms with E-state index in [1.54, 1.807) is 6.92 Å². The smallest absolute Gasteiger partial charge is 0.323 e. The van der Waals surface area contributed by atoms with Crippen molar-refractivity contribution in [2.45, 2.75) is 64.6 Å². The van der Waals surface area contributed by atoms with E-state index >= 15 is 0 Å². The van der Waals surface area contributed by atoms with Gasteiger partial charge < -0.3 is 15.8 Å². The van der Waals surface area contributed by atoms with Crippen molar-refractivity contribution >= 4 is 5.97 Å². The van der Waals surface area contributed by atoms with Gasteiger partial charge in [0, 0.05) is 11.1 Å². The molecule has 17 heavy (non-hydrogen) atoms. The van der Waals surface area contributed by atoms with Crippen LogP contribution >= 0.6 is 0 Å². The van der Waals surface area contributed by atoms with Crippen LogP contribution in [-0.4, -0.2) is 29.7 Å². The second-order valence-corrected chi connectivity index (χ2v) is 6.34. The van der Waals surface area contributed by atoms with Crippen LogP contribution in [0.5, 0.6) is 0 Å². The SMILES string of the molecule is CCOC(=O)C(N)C1CC(C)(C)NC(C)(C)C1. The van der Waals surface area contributed by atoms with E-state index in [-0.39, 0.29) is 23.0 Å². The molecule has 3 N–H and O–H groups in total. The van der Waals surface area contributed by atoms with Crippen LogP contribution in [0.3, 0.4) is 0 Å². The fraction of sp³-hybridized carbons (Fsp3) is 0.923. The van der Waals surface area contributed by atoms with Gasteiger partial charge in [0.2, 0.25) is 0 Å². The standard InChI is InChI=1S/C13H26N2O2/c1-6-17-11(16)10(14)9-7-12(2,3)15-13(4,5)8-9/h9-10,15H,6-8,14H2,1-5H3. The zero-order valence-corrected chi connectivity index (χ0v) is 11.7. The zero-order chi connectivity index (χ0) is 13.3. The number of hydrogen-bond donors (Lipinski definition) is 2. The highest BCUT2D eigenvalue weighted by atomic mass is 16.5. The van der Waals surface area contributed by atoms with Crippen molar-refractivity contribution < 1.29 is 9.53 Å². The molecule has 1 aliphatic heterocycles. The summed E-state index contributed by atoms with van der Waals surface area (Å²) in [6.45, 7) is 10.8. The van der Waals surface area contributed by atoms with Crippen LogP contribution in [0.25, 0.3) is 0 Å². The Kier molecular flexibility index (Phi) is 4.20. The molecule has 0 saturated carbocycles. The van der Waals surface area contributed by atoms with Gasteiger partial charge >= 0.3 is 5.97 Å². The fourth-order valence-electron chi connectivity index (χ4n) is 3.09. The first-order valence-corrected chi connectivity index (χ1v) is 6.38. The molecular formula is C13H26N2O2. The van der Waals surface area contributed by atoms with E-state index in [0.29, 0.717) is 6.61 Å². The van der Waals surface area contributed by atoms with Crippen molar-refractivity contribution in [3.63, 3.8) is 0 Å². The molecule has 0 aliphatic carbocycles. The molecule has 0 aromatic carbocycles. The largest absolute Gasteiger partial charge is 0.465 e. The normalized spacial score (nSPS) is 25.3. The lowest BCUT2D eigenvalue weighted by Gasteiger charge is -2.47. The van der Waals surface area contributed by atoms with E-state index in [2.05, 4.69) is 33.0 Å². The molecule has 100 valence electrons. The van der Waals surface area contributed by atoms with Gasteiger partial charge in [-0.1, -0.05) is 0 Å². The number of carbonyl (C=O) groups excluding carboxylic acids is 1. The van der Waals surface area contributed by atoms with Gasteiger partial charge in [0.25, 0.3) is 0 Å². The minimum Gasteiger partial charge on any atom is -0.465 e. The Morgan fingerprint density at radius 3 is 2.24 bits per heavy atom. The molecule has 0 aromatic rings. The summed E-state index contributed by atoms with van der Waals surface area (Å²) in [6.07, 6.45) is 1.80. The Morgan fingerprint density at radius 2 is 1.82 bits per heavy atom. The van der Waals surface area contributed by atoms with Crippen LogP contribution in [0, 0.1) is 5.92 Å². The van der Waals surface area contributed by atoms with Crippen molar-refractivity contribution in [2.75, 3.05) is 6.61 Å². The maximum atomic E-state index is 11.7. The van der Waals surface area contributed by atoms with Gasteiger partial charge in [0.1, 0.15) is 6.04 Å². The van der Waals surface area contributed by atoms with Crippen LogP contribution in [0.4, 0.5) is 0 Å². The van der Waals surface area contributed by atoms with E-state index in [1.807, 2.05) is 0 Å². The molecule has 1 heterocycles. The lowest BCUT2D eigenvalue weighted by molar-refractivity contribution is -0.146. The van der Waals surface area contributed by atoms with Crippen LogP contribution in [-0.2, 0) is 9.53 Å². The van der Waals surface area contributed by atoms with Crippen molar-refractivity contribution in [1.29, 1.82) is 0 Å². The Hall–Kier alpha value is -0.610. The Labute approximate surface area is 104 Å². The Morgan fingerprint density at radius 1 is 1.35 bits per heavy atom. The monoisotopic (exact) mass is 242 g/mol. The molecule has 1 saturated heterocycles. The third kappa shape index (κ3) is 3.96. The minimum absolute atomic E-state index is 0.0104. The average molecular weight is 242 g/mol. The highest BCUT2D eigenvalue weighted by Crippen LogP contribution is 2.34. The van der Waals surface area contributed by atoms with Gasteiger partial charge in [0.15, 0.2) is 0 Å². The zero-order valence-electron chi connectivity index (χ0n) is 11.7. The summed E-state index contributed by atoms with van der Waals surface area (Å²) in [4.78, 5) is 11.7. The first-order chi connectivity index (χ1) is 7.67. The molecule has 0 spiro atoms. The van der Waals surface area contributed by atoms with Crippen LogP contribution in [0.1, 0.15) is 47.5 Å². The first-order valence-electron chi connectivity index (χ1n) is 6.38. The summed E-state index contributed by atoms with van der Waals surface area (Å²) in [5, 5.41) is 3.58. The van der Waals surface area contributed by atoms with Crippen LogP contribution in [0.2, 0.25) is 0 Å². The Bertz CT molecular complexity index is 271. The predicted octanol–water partition coefficient (Wildman–Crippen LogP) is 1.43. The highest BCUT2D eigenvalue weighted by Gasteiger charge is 2.41. The quantitative estimate of drug-likeness (QED) is 0.735. The average Bonchev–Trinajstić information content (AvgIpc) is 2.12. The summed E-state index contributed by atoms with van der Waals surface area (Å²) < 4.78 is 5.01. The number of rotatable bonds is 3. The number of hydrogen-bond acceptors (Lipinski definition) is 4. The number of esters is 1. The molecule has 1 rings (SSSR count). The molecule has 1 atom stereocenters. The van der Waals surface area contributed by atoms with Crippen LogP contribution < -0.4 is 11.1 Å². The molecule has 4 heteroatoms. The third-order valence-electron chi connectivity index (χ3n) is 3.29. The van der Waals surface area contributed by atoms with Gasteiger partial charge in [-0.15, -0.1) is 0 Å². The summed E-state index contributed by atoms with van der Waals surface area (Å²) in [5.41, 5.74) is 6.04. The van der Waals surface area contributed by atoms with E-state index in [0.717, 1.165) is 12.8 Å². The van der Waals surface area contributed by atoms with Gasteiger partial charge in [-0.25, -0.2) is 0 Å². The lowest BCUT2D eigenvalue weighted by Crippen LogP contribution is -2.61. The van der Waals surface area contributed by atoms with Crippen molar-refractivity contribution in [3.8, 4) is 0 Å². The minimum atomic E-state index is -0.504. The van der Waals surface area contributed by atoms with Crippen molar-refractivity contribution in [2.24, 2.45) is 11.7 Å². The molecule has 1 fully saturated rings. The molecule has 1 aliphatic rings. The molecule has 0 amide bonds. The predicted molar refractivity (Wildman–Crippen MR) is 68.6 cm³/mol. The van der Waals surface area contributed by atoms with E-state index < -0.39 is 6.04 Å². The summed E-state index contributed by atoms with van der Waals surface area (Å²) in [5.74, 6) is -0.0914. The maximum absolute atomic E-state index is 11.7. The summed E-state index contributed by atoms with van der Waals surface area (Å²) in [6, 6.07) is -0.504. The topological polar surface area (TPSA) is 64.3 Å². The van der Waals surface area contributed by atoms with E-state index in [1.165, 1.54) is 0 Å². The molecule has 1 unspecified atom stereocenters. The second kappa shape index (κ2) is 4.94. The van der Waals surface area contributed by atoms with E-state index in [9.17, 15) is 4.79 Å². The molecule has 0 aromatic heterocycles.